The average Bonchev–Trinajstić information content (AvgIpc) is 3.21. The third kappa shape index (κ3) is 2.71. The second-order valence-corrected chi connectivity index (χ2v) is 9.70. The van der Waals surface area contributed by atoms with Crippen LogP contribution < -0.4 is 5.32 Å². The molecule has 156 valence electrons. The van der Waals surface area contributed by atoms with Crippen LogP contribution in [0.1, 0.15) is 32.8 Å². The highest BCUT2D eigenvalue weighted by molar-refractivity contribution is 7.90. The van der Waals surface area contributed by atoms with Crippen LogP contribution in [-0.2, 0) is 14.8 Å². The second-order valence-electron chi connectivity index (χ2n) is 7.89. The Bertz CT molecular complexity index is 1360. The molecule has 0 bridgehead atoms. The lowest BCUT2D eigenvalue weighted by Crippen LogP contribution is -2.44. The van der Waals surface area contributed by atoms with Gasteiger partial charge in [-0.05, 0) is 43.7 Å². The molecule has 31 heavy (non-hydrogen) atoms. The van der Waals surface area contributed by atoms with E-state index < -0.39 is 27.0 Å². The smallest absolute Gasteiger partial charge is 0.268 e. The lowest BCUT2D eigenvalue weighted by Gasteiger charge is -2.38. The van der Waals surface area contributed by atoms with E-state index >= 15 is 0 Å². The quantitative estimate of drug-likeness (QED) is 0.778. The van der Waals surface area contributed by atoms with Crippen LogP contribution in [0, 0.1) is 12.3 Å². The number of nitrogens with zero attached hydrogens (tertiary/aromatic N) is 1. The molecule has 0 radical (unpaired) electrons. The molecule has 5 rings (SSSR count). The highest BCUT2D eigenvalue weighted by Crippen LogP contribution is 2.45. The summed E-state index contributed by atoms with van der Waals surface area (Å²) in [6.07, 6.45) is 7.73. The van der Waals surface area contributed by atoms with Gasteiger partial charge >= 0.3 is 0 Å². The standard InChI is InChI=1S/C23H18N2O5S/c1-14-2-4-16(5-3-14)31(29,30)25-13-8-17-20(25)22(28)18-19(21(17)27)24-12-11-23(18)9-6-15(26)7-10-23/h2-10,13,24H,11-12H2,1H3. The van der Waals surface area contributed by atoms with E-state index in [1.165, 1.54) is 36.5 Å². The Morgan fingerprint density at radius 1 is 0.968 bits per heavy atom. The van der Waals surface area contributed by atoms with Crippen molar-refractivity contribution in [1.82, 2.24) is 9.29 Å². The van der Waals surface area contributed by atoms with E-state index in [9.17, 15) is 22.8 Å². The topological polar surface area (TPSA) is 102 Å². The van der Waals surface area contributed by atoms with Gasteiger partial charge in [0.25, 0.3) is 10.0 Å². The van der Waals surface area contributed by atoms with E-state index in [-0.39, 0.29) is 33.2 Å². The predicted molar refractivity (Wildman–Crippen MR) is 112 cm³/mol. The summed E-state index contributed by atoms with van der Waals surface area (Å²) in [6, 6.07) is 7.65. The Labute approximate surface area is 178 Å². The van der Waals surface area contributed by atoms with Crippen LogP contribution in [0.3, 0.4) is 0 Å². The molecule has 0 saturated carbocycles. The van der Waals surface area contributed by atoms with Gasteiger partial charge in [0, 0.05) is 23.7 Å². The summed E-state index contributed by atoms with van der Waals surface area (Å²) in [5, 5.41) is 3.01. The fourth-order valence-electron chi connectivity index (χ4n) is 4.36. The van der Waals surface area contributed by atoms with Crippen LogP contribution in [0.4, 0.5) is 0 Å². The molecule has 0 amide bonds. The third-order valence-corrected chi connectivity index (χ3v) is 7.68. The molecule has 0 saturated heterocycles. The first-order valence-corrected chi connectivity index (χ1v) is 11.2. The number of nitrogens with one attached hydrogen (secondary N) is 1. The van der Waals surface area contributed by atoms with Gasteiger partial charge in [-0.15, -0.1) is 0 Å². The lowest BCUT2D eigenvalue weighted by molar-refractivity contribution is -0.110. The van der Waals surface area contributed by atoms with Crippen molar-refractivity contribution in [1.29, 1.82) is 0 Å². The molecule has 0 atom stereocenters. The minimum atomic E-state index is -4.09. The molecular weight excluding hydrogens is 416 g/mol. The van der Waals surface area contributed by atoms with Gasteiger partial charge in [0.15, 0.2) is 5.78 Å². The van der Waals surface area contributed by atoms with Crippen molar-refractivity contribution in [3.8, 4) is 0 Å². The van der Waals surface area contributed by atoms with Crippen LogP contribution in [0.2, 0.25) is 0 Å². The molecule has 1 spiro atoms. The first-order chi connectivity index (χ1) is 14.7. The second kappa shape index (κ2) is 6.49. The van der Waals surface area contributed by atoms with Crippen LogP contribution in [0.5, 0.6) is 0 Å². The Morgan fingerprint density at radius 3 is 2.32 bits per heavy atom. The van der Waals surface area contributed by atoms with E-state index in [0.717, 1.165) is 9.54 Å². The summed E-state index contributed by atoms with van der Waals surface area (Å²) < 4.78 is 27.5. The Balaban J connectivity index is 1.70. The molecule has 2 aliphatic carbocycles. The fourth-order valence-corrected chi connectivity index (χ4v) is 5.71. The van der Waals surface area contributed by atoms with Crippen molar-refractivity contribution in [2.24, 2.45) is 5.41 Å². The molecule has 0 unspecified atom stereocenters. The highest BCUT2D eigenvalue weighted by Gasteiger charge is 2.47. The first-order valence-electron chi connectivity index (χ1n) is 9.79. The van der Waals surface area contributed by atoms with Gasteiger partial charge in [0.2, 0.25) is 11.6 Å². The number of ketones is 3. The zero-order chi connectivity index (χ0) is 22.0. The molecule has 1 aromatic heterocycles. The summed E-state index contributed by atoms with van der Waals surface area (Å²) >= 11 is 0. The number of rotatable bonds is 2. The van der Waals surface area contributed by atoms with E-state index in [1.807, 2.05) is 6.92 Å². The van der Waals surface area contributed by atoms with Gasteiger partial charge in [-0.2, -0.15) is 0 Å². The van der Waals surface area contributed by atoms with Crippen molar-refractivity contribution in [2.75, 3.05) is 6.54 Å². The van der Waals surface area contributed by atoms with E-state index in [0.29, 0.717) is 13.0 Å². The number of carbonyl (C=O) groups excluding carboxylic acids is 3. The van der Waals surface area contributed by atoms with Crippen molar-refractivity contribution in [3.63, 3.8) is 0 Å². The summed E-state index contributed by atoms with van der Waals surface area (Å²) in [6.45, 7) is 2.29. The molecular formula is C23H18N2O5S. The van der Waals surface area contributed by atoms with Gasteiger partial charge in [-0.1, -0.05) is 29.8 Å². The van der Waals surface area contributed by atoms with Gasteiger partial charge in [0.05, 0.1) is 16.2 Å². The SMILES string of the molecule is Cc1ccc(S(=O)(=O)n2ccc3c2C(=O)C2=C(NCCC24C=CC(=O)C=C4)C3=O)cc1. The summed E-state index contributed by atoms with van der Waals surface area (Å²) in [5.41, 5.74) is 0.181. The number of fused-ring (bicyclic) bond motifs is 2. The molecule has 7 nitrogen and oxygen atoms in total. The van der Waals surface area contributed by atoms with Crippen LogP contribution in [0.25, 0.3) is 0 Å². The summed E-state index contributed by atoms with van der Waals surface area (Å²) in [5.74, 6) is -1.17. The summed E-state index contributed by atoms with van der Waals surface area (Å²) in [7, 11) is -4.09. The molecule has 1 aromatic carbocycles. The van der Waals surface area contributed by atoms with E-state index in [1.54, 1.807) is 24.3 Å². The zero-order valence-corrected chi connectivity index (χ0v) is 17.4. The molecule has 3 aliphatic rings. The predicted octanol–water partition coefficient (Wildman–Crippen LogP) is 2.34. The molecule has 8 heteroatoms. The van der Waals surface area contributed by atoms with Crippen molar-refractivity contribution in [3.05, 3.63) is 88.9 Å². The fraction of sp³-hybridized carbons (Fsp3) is 0.174. The first kappa shape index (κ1) is 19.4. The number of aryl methyl sites for hydroxylation is 1. The minimum Gasteiger partial charge on any atom is -0.381 e. The minimum absolute atomic E-state index is 0.0241. The maximum atomic E-state index is 13.7. The largest absolute Gasteiger partial charge is 0.381 e. The summed E-state index contributed by atoms with van der Waals surface area (Å²) in [4.78, 5) is 38.6. The van der Waals surface area contributed by atoms with Gasteiger partial charge in [-0.25, -0.2) is 12.4 Å². The number of aromatic nitrogens is 1. The maximum Gasteiger partial charge on any atom is 0.268 e. The third-order valence-electron chi connectivity index (χ3n) is 5.99. The maximum absolute atomic E-state index is 13.7. The number of Topliss-reactive ketones (excluding diaryl/α,β-unsaturated/α-hetero) is 2. The monoisotopic (exact) mass is 434 g/mol. The van der Waals surface area contributed by atoms with Crippen molar-refractivity contribution in [2.45, 2.75) is 18.2 Å². The number of hydrogen-bond acceptors (Lipinski definition) is 6. The average molecular weight is 434 g/mol. The van der Waals surface area contributed by atoms with E-state index in [2.05, 4.69) is 5.32 Å². The van der Waals surface area contributed by atoms with E-state index in [4.69, 9.17) is 0 Å². The van der Waals surface area contributed by atoms with Gasteiger partial charge in [-0.3, -0.25) is 14.4 Å². The Kier molecular flexibility index (Phi) is 4.07. The number of benzene rings is 1. The van der Waals surface area contributed by atoms with Crippen LogP contribution >= 0.6 is 0 Å². The molecule has 2 heterocycles. The van der Waals surface area contributed by atoms with Gasteiger partial charge in [0.1, 0.15) is 5.69 Å². The Morgan fingerprint density at radius 2 is 1.65 bits per heavy atom. The van der Waals surface area contributed by atoms with Crippen molar-refractivity contribution < 1.29 is 22.8 Å². The lowest BCUT2D eigenvalue weighted by atomic mass is 9.67. The normalized spacial score (nSPS) is 19.5. The molecule has 1 N–H and O–H groups in total. The van der Waals surface area contributed by atoms with Crippen LogP contribution in [0.15, 0.2) is 77.0 Å². The van der Waals surface area contributed by atoms with Gasteiger partial charge < -0.3 is 5.32 Å². The number of allylic oxidation sites excluding steroid dienone is 6. The number of hydrogen-bond donors (Lipinski definition) is 1. The Hall–Kier alpha value is -3.52. The van der Waals surface area contributed by atoms with Crippen molar-refractivity contribution >= 4 is 27.4 Å². The highest BCUT2D eigenvalue weighted by atomic mass is 32.2. The molecule has 0 fully saturated rings. The zero-order valence-electron chi connectivity index (χ0n) is 16.6. The molecule has 1 aliphatic heterocycles. The number of carbonyl (C=O) groups is 3. The molecule has 2 aromatic rings. The van der Waals surface area contributed by atoms with Crippen LogP contribution in [-0.4, -0.2) is 36.3 Å².